The SMILES string of the molecule is N#Cc1ccc(Oc2ccc3c(c2)C(c2ccc(N)cc2)(c2ccc(N)cc2)c2cc(Oc4ccc(C#N)c(C#N)c4)ccc2-3)cc1C#N. The quantitative estimate of drug-likeness (QED) is 0.173. The van der Waals surface area contributed by atoms with E-state index >= 15 is 0 Å². The Hall–Kier alpha value is -7.52. The molecule has 1 aliphatic rings. The van der Waals surface area contributed by atoms with E-state index < -0.39 is 5.41 Å². The molecule has 6 aromatic rings. The summed E-state index contributed by atoms with van der Waals surface area (Å²) in [7, 11) is 0. The van der Waals surface area contributed by atoms with E-state index in [2.05, 4.69) is 12.1 Å². The fourth-order valence-corrected chi connectivity index (χ4v) is 6.49. The highest BCUT2D eigenvalue weighted by Gasteiger charge is 2.46. The van der Waals surface area contributed by atoms with Crippen LogP contribution in [0, 0.1) is 45.3 Å². The monoisotopic (exact) mass is 632 g/mol. The second-order valence-corrected chi connectivity index (χ2v) is 11.5. The van der Waals surface area contributed by atoms with E-state index in [1.165, 1.54) is 0 Å². The number of nitrogens with zero attached hydrogens (tertiary/aromatic N) is 4. The van der Waals surface area contributed by atoms with Crippen molar-refractivity contribution >= 4 is 11.4 Å². The zero-order valence-electron chi connectivity index (χ0n) is 25.8. The van der Waals surface area contributed by atoms with Gasteiger partial charge in [0.15, 0.2) is 0 Å². The maximum atomic E-state index is 9.58. The Morgan fingerprint density at radius 2 is 0.755 bits per heavy atom. The Morgan fingerprint density at radius 1 is 0.408 bits per heavy atom. The van der Waals surface area contributed by atoms with E-state index in [0.717, 1.165) is 33.4 Å². The molecule has 0 unspecified atom stereocenters. The molecule has 4 N–H and O–H groups in total. The molecule has 1 aliphatic carbocycles. The third-order valence-electron chi connectivity index (χ3n) is 8.70. The van der Waals surface area contributed by atoms with Gasteiger partial charge in [-0.2, -0.15) is 21.0 Å². The first-order chi connectivity index (χ1) is 23.9. The fourth-order valence-electron chi connectivity index (χ4n) is 6.49. The van der Waals surface area contributed by atoms with Gasteiger partial charge in [-0.15, -0.1) is 0 Å². The van der Waals surface area contributed by atoms with Crippen molar-refractivity contribution < 1.29 is 9.47 Å². The van der Waals surface area contributed by atoms with Crippen LogP contribution >= 0.6 is 0 Å². The van der Waals surface area contributed by atoms with Gasteiger partial charge in [0.2, 0.25) is 0 Å². The third-order valence-corrected chi connectivity index (χ3v) is 8.70. The zero-order chi connectivity index (χ0) is 34.1. The van der Waals surface area contributed by atoms with E-state index in [4.69, 9.17) is 20.9 Å². The molecule has 0 atom stereocenters. The highest BCUT2D eigenvalue weighted by molar-refractivity contribution is 5.87. The van der Waals surface area contributed by atoms with Crippen LogP contribution in [0.4, 0.5) is 11.4 Å². The third kappa shape index (κ3) is 5.09. The lowest BCUT2D eigenvalue weighted by atomic mass is 9.67. The molecular weight excluding hydrogens is 608 g/mol. The maximum absolute atomic E-state index is 9.58. The van der Waals surface area contributed by atoms with Gasteiger partial charge in [-0.3, -0.25) is 0 Å². The average Bonchev–Trinajstić information content (AvgIpc) is 3.41. The lowest BCUT2D eigenvalue weighted by Gasteiger charge is -2.34. The predicted octanol–water partition coefficient (Wildman–Crippen LogP) is 8.29. The molecule has 0 heterocycles. The molecule has 0 saturated heterocycles. The van der Waals surface area contributed by atoms with Crippen LogP contribution in [0.2, 0.25) is 0 Å². The Morgan fingerprint density at radius 3 is 1.12 bits per heavy atom. The number of nitrogen functional groups attached to an aromatic ring is 2. The molecule has 0 saturated carbocycles. The topological polar surface area (TPSA) is 166 Å². The first-order valence-electron chi connectivity index (χ1n) is 15.1. The number of nitriles is 4. The molecule has 0 fully saturated rings. The Balaban J connectivity index is 1.44. The highest BCUT2D eigenvalue weighted by atomic mass is 16.5. The molecule has 0 amide bonds. The van der Waals surface area contributed by atoms with Crippen LogP contribution in [0.1, 0.15) is 44.5 Å². The van der Waals surface area contributed by atoms with Crippen molar-refractivity contribution in [3.8, 4) is 58.4 Å². The largest absolute Gasteiger partial charge is 0.457 e. The minimum Gasteiger partial charge on any atom is -0.457 e. The van der Waals surface area contributed by atoms with Gasteiger partial charge >= 0.3 is 0 Å². The minimum atomic E-state index is -0.879. The van der Waals surface area contributed by atoms with Crippen molar-refractivity contribution in [2.75, 3.05) is 11.5 Å². The molecule has 7 rings (SSSR count). The molecule has 49 heavy (non-hydrogen) atoms. The first kappa shape index (κ1) is 30.2. The van der Waals surface area contributed by atoms with Gasteiger partial charge in [0.25, 0.3) is 0 Å². The van der Waals surface area contributed by atoms with Crippen LogP contribution in [0.5, 0.6) is 23.0 Å². The number of hydrogen-bond donors (Lipinski definition) is 2. The van der Waals surface area contributed by atoms with Crippen LogP contribution in [-0.2, 0) is 5.41 Å². The molecule has 8 nitrogen and oxygen atoms in total. The molecule has 8 heteroatoms. The molecule has 0 radical (unpaired) electrons. The summed E-state index contributed by atoms with van der Waals surface area (Å²) >= 11 is 0. The number of benzene rings is 6. The van der Waals surface area contributed by atoms with Gasteiger partial charge in [-0.1, -0.05) is 36.4 Å². The molecule has 0 spiro atoms. The number of fused-ring (bicyclic) bond motifs is 3. The smallest absolute Gasteiger partial charge is 0.128 e. The Labute approximate surface area is 282 Å². The predicted molar refractivity (Wildman–Crippen MR) is 184 cm³/mol. The standard InChI is InChI=1S/C41H24N6O2/c42-21-25-1-11-33(17-27(25)23-44)48-35-13-15-37-38-16-14-36(49-34-12-2-26(22-43)28(18-34)24-45)20-40(38)41(39(37)19-35,29-3-7-31(46)8-4-29)30-5-9-32(47)10-6-30/h1-20H,46-47H2. The number of hydrogen-bond acceptors (Lipinski definition) is 8. The summed E-state index contributed by atoms with van der Waals surface area (Å²) in [5, 5.41) is 37.9. The van der Waals surface area contributed by atoms with E-state index in [9.17, 15) is 21.0 Å². The van der Waals surface area contributed by atoms with E-state index in [1.807, 2.05) is 97.1 Å². The summed E-state index contributed by atoms with van der Waals surface area (Å²) in [5.41, 5.74) is 19.4. The second-order valence-electron chi connectivity index (χ2n) is 11.5. The molecule has 0 aromatic heterocycles. The number of rotatable bonds is 6. The number of anilines is 2. The summed E-state index contributed by atoms with van der Waals surface area (Å²) in [5.74, 6) is 1.92. The van der Waals surface area contributed by atoms with Crippen molar-refractivity contribution in [3.63, 3.8) is 0 Å². The van der Waals surface area contributed by atoms with Crippen molar-refractivity contribution in [1.29, 1.82) is 21.0 Å². The summed E-state index contributed by atoms with van der Waals surface area (Å²) < 4.78 is 12.6. The van der Waals surface area contributed by atoms with Crippen molar-refractivity contribution in [3.05, 3.63) is 166 Å². The highest BCUT2D eigenvalue weighted by Crippen LogP contribution is 2.58. The van der Waals surface area contributed by atoms with Crippen molar-refractivity contribution in [2.45, 2.75) is 5.41 Å². The van der Waals surface area contributed by atoms with Crippen LogP contribution in [0.25, 0.3) is 11.1 Å². The van der Waals surface area contributed by atoms with Gasteiger partial charge in [0, 0.05) is 11.4 Å². The van der Waals surface area contributed by atoms with Gasteiger partial charge < -0.3 is 20.9 Å². The molecular formula is C41H24N6O2. The van der Waals surface area contributed by atoms with Crippen molar-refractivity contribution in [1.82, 2.24) is 0 Å². The molecule has 0 bridgehead atoms. The van der Waals surface area contributed by atoms with E-state index in [0.29, 0.717) is 34.4 Å². The number of nitrogens with two attached hydrogens (primary N) is 2. The lowest BCUT2D eigenvalue weighted by Crippen LogP contribution is -2.28. The normalized spacial score (nSPS) is 11.9. The molecule has 230 valence electrons. The second kappa shape index (κ2) is 12.0. The van der Waals surface area contributed by atoms with Crippen LogP contribution in [0.3, 0.4) is 0 Å². The van der Waals surface area contributed by atoms with Crippen LogP contribution in [-0.4, -0.2) is 0 Å². The fraction of sp³-hybridized carbons (Fsp3) is 0.0244. The Bertz CT molecular complexity index is 2280. The summed E-state index contributed by atoms with van der Waals surface area (Å²) in [6.07, 6.45) is 0. The zero-order valence-corrected chi connectivity index (χ0v) is 25.8. The van der Waals surface area contributed by atoms with Gasteiger partial charge in [0.05, 0.1) is 27.7 Å². The van der Waals surface area contributed by atoms with Crippen LogP contribution < -0.4 is 20.9 Å². The van der Waals surface area contributed by atoms with E-state index in [-0.39, 0.29) is 22.3 Å². The molecule has 6 aromatic carbocycles. The summed E-state index contributed by atoms with van der Waals surface area (Å²) in [4.78, 5) is 0. The minimum absolute atomic E-state index is 0.225. The van der Waals surface area contributed by atoms with E-state index in [1.54, 1.807) is 36.4 Å². The van der Waals surface area contributed by atoms with Gasteiger partial charge in [0.1, 0.15) is 47.3 Å². The maximum Gasteiger partial charge on any atom is 0.128 e. The number of ether oxygens (including phenoxy) is 2. The van der Waals surface area contributed by atoms with Gasteiger partial charge in [-0.05, 0) is 118 Å². The summed E-state index contributed by atoms with van der Waals surface area (Å²) in [6, 6.07) is 45.0. The van der Waals surface area contributed by atoms with Crippen LogP contribution in [0.15, 0.2) is 121 Å². The average molecular weight is 633 g/mol. The van der Waals surface area contributed by atoms with Crippen molar-refractivity contribution in [2.24, 2.45) is 0 Å². The summed E-state index contributed by atoms with van der Waals surface area (Å²) in [6.45, 7) is 0. The van der Waals surface area contributed by atoms with Gasteiger partial charge in [-0.25, -0.2) is 0 Å². The molecule has 0 aliphatic heterocycles. The lowest BCUT2D eigenvalue weighted by molar-refractivity contribution is 0.480. The first-order valence-corrected chi connectivity index (χ1v) is 15.1. The Kier molecular flexibility index (Phi) is 7.39.